The Morgan fingerprint density at radius 2 is 1.81 bits per heavy atom. The maximum atomic E-state index is 13.4. The second kappa shape index (κ2) is 9.52. The Balaban J connectivity index is 1.90. The standard InChI is InChI=1S/C23H30BrN5O3/c1-4-27-20-19(21(30)28(5-2)23(27)31)29(14-15-11-12-18(32-3)17(24)13-15)22(26-20)25-16-9-7-6-8-10-16/h11-13,16H,4-10,14H2,1-3H3,(H,25,26). The molecule has 4 rings (SSSR count). The molecule has 2 aromatic heterocycles. The molecule has 1 N–H and O–H groups in total. The lowest BCUT2D eigenvalue weighted by atomic mass is 9.96. The molecule has 8 nitrogen and oxygen atoms in total. The Morgan fingerprint density at radius 1 is 1.09 bits per heavy atom. The Kier molecular flexibility index (Phi) is 6.74. The van der Waals surface area contributed by atoms with Gasteiger partial charge in [-0.2, -0.15) is 4.98 Å². The normalized spacial score (nSPS) is 14.8. The van der Waals surface area contributed by atoms with Gasteiger partial charge in [-0.15, -0.1) is 0 Å². The van der Waals surface area contributed by atoms with E-state index in [2.05, 4.69) is 21.2 Å². The van der Waals surface area contributed by atoms with E-state index in [9.17, 15) is 9.59 Å². The molecule has 1 aromatic carbocycles. The van der Waals surface area contributed by atoms with E-state index >= 15 is 0 Å². The van der Waals surface area contributed by atoms with Gasteiger partial charge in [-0.25, -0.2) is 4.79 Å². The number of hydrogen-bond acceptors (Lipinski definition) is 5. The van der Waals surface area contributed by atoms with Crippen LogP contribution in [0.1, 0.15) is 51.5 Å². The zero-order valence-electron chi connectivity index (χ0n) is 18.9. The van der Waals surface area contributed by atoms with Crippen molar-refractivity contribution in [1.82, 2.24) is 18.7 Å². The maximum Gasteiger partial charge on any atom is 0.332 e. The number of nitrogens with zero attached hydrogens (tertiary/aromatic N) is 4. The van der Waals surface area contributed by atoms with Gasteiger partial charge in [-0.05, 0) is 60.3 Å². The van der Waals surface area contributed by atoms with Crippen LogP contribution in [-0.4, -0.2) is 31.8 Å². The number of anilines is 1. The number of aromatic nitrogens is 4. The second-order valence-corrected chi connectivity index (χ2v) is 9.07. The predicted octanol–water partition coefficient (Wildman–Crippen LogP) is 3.96. The number of methoxy groups -OCH3 is 1. The predicted molar refractivity (Wildman–Crippen MR) is 130 cm³/mol. The van der Waals surface area contributed by atoms with Gasteiger partial charge in [-0.3, -0.25) is 18.5 Å². The summed E-state index contributed by atoms with van der Waals surface area (Å²) in [6, 6.07) is 6.19. The number of ether oxygens (including phenoxy) is 1. The number of hydrogen-bond donors (Lipinski definition) is 1. The van der Waals surface area contributed by atoms with Gasteiger partial charge in [-0.1, -0.05) is 25.3 Å². The smallest absolute Gasteiger partial charge is 0.332 e. The van der Waals surface area contributed by atoms with Crippen LogP contribution in [0.5, 0.6) is 5.75 Å². The lowest BCUT2D eigenvalue weighted by Gasteiger charge is -2.23. The number of nitrogens with one attached hydrogen (secondary N) is 1. The fraction of sp³-hybridized carbons (Fsp3) is 0.522. The first-order valence-electron chi connectivity index (χ1n) is 11.3. The quantitative estimate of drug-likeness (QED) is 0.527. The highest BCUT2D eigenvalue weighted by molar-refractivity contribution is 9.10. The van der Waals surface area contributed by atoms with Crippen molar-refractivity contribution in [2.75, 3.05) is 12.4 Å². The van der Waals surface area contributed by atoms with E-state index in [4.69, 9.17) is 9.72 Å². The van der Waals surface area contributed by atoms with E-state index in [-0.39, 0.29) is 11.2 Å². The van der Waals surface area contributed by atoms with Crippen LogP contribution in [0.3, 0.4) is 0 Å². The van der Waals surface area contributed by atoms with Crippen LogP contribution < -0.4 is 21.3 Å². The lowest BCUT2D eigenvalue weighted by molar-refractivity contribution is 0.412. The highest BCUT2D eigenvalue weighted by Crippen LogP contribution is 2.28. The average Bonchev–Trinajstić information content (AvgIpc) is 3.13. The summed E-state index contributed by atoms with van der Waals surface area (Å²) < 4.78 is 11.0. The zero-order chi connectivity index (χ0) is 22.8. The molecule has 0 saturated heterocycles. The first-order valence-corrected chi connectivity index (χ1v) is 12.1. The summed E-state index contributed by atoms with van der Waals surface area (Å²) in [4.78, 5) is 31.0. The van der Waals surface area contributed by atoms with Gasteiger partial charge in [0.15, 0.2) is 11.2 Å². The molecule has 1 aliphatic rings. The minimum absolute atomic E-state index is 0.297. The monoisotopic (exact) mass is 503 g/mol. The highest BCUT2D eigenvalue weighted by atomic mass is 79.9. The third-order valence-electron chi connectivity index (χ3n) is 6.24. The van der Waals surface area contributed by atoms with Crippen LogP contribution in [0.25, 0.3) is 11.2 Å². The van der Waals surface area contributed by atoms with Crippen molar-refractivity contribution in [3.8, 4) is 5.75 Å². The summed E-state index contributed by atoms with van der Waals surface area (Å²) in [5, 5.41) is 3.58. The maximum absolute atomic E-state index is 13.4. The minimum Gasteiger partial charge on any atom is -0.496 e. The molecule has 0 bridgehead atoms. The average molecular weight is 504 g/mol. The fourth-order valence-corrected chi connectivity index (χ4v) is 5.13. The van der Waals surface area contributed by atoms with E-state index in [1.807, 2.05) is 36.6 Å². The summed E-state index contributed by atoms with van der Waals surface area (Å²) >= 11 is 3.55. The molecule has 0 atom stereocenters. The molecule has 2 heterocycles. The van der Waals surface area contributed by atoms with Crippen LogP contribution in [0.15, 0.2) is 32.3 Å². The molecule has 0 radical (unpaired) electrons. The van der Waals surface area contributed by atoms with Crippen molar-refractivity contribution in [3.05, 3.63) is 49.1 Å². The van der Waals surface area contributed by atoms with Crippen molar-refractivity contribution in [3.63, 3.8) is 0 Å². The fourth-order valence-electron chi connectivity index (χ4n) is 4.54. The van der Waals surface area contributed by atoms with Crippen molar-refractivity contribution < 1.29 is 4.74 Å². The molecule has 0 spiro atoms. The lowest BCUT2D eigenvalue weighted by Crippen LogP contribution is -2.40. The Labute approximate surface area is 195 Å². The number of imidazole rings is 1. The van der Waals surface area contributed by atoms with E-state index < -0.39 is 0 Å². The van der Waals surface area contributed by atoms with Gasteiger partial charge in [0.25, 0.3) is 5.56 Å². The van der Waals surface area contributed by atoms with Gasteiger partial charge < -0.3 is 10.1 Å². The SMILES string of the molecule is CCn1c(=O)c2c(nc(NC3CCCCC3)n2Cc2ccc(OC)c(Br)c2)n(CC)c1=O. The molecule has 1 aliphatic carbocycles. The largest absolute Gasteiger partial charge is 0.496 e. The molecular formula is C23H30BrN5O3. The topological polar surface area (TPSA) is 83.1 Å². The van der Waals surface area contributed by atoms with Crippen molar-refractivity contribution in [2.24, 2.45) is 0 Å². The molecule has 0 amide bonds. The first-order chi connectivity index (χ1) is 15.5. The van der Waals surface area contributed by atoms with E-state index in [0.717, 1.165) is 28.6 Å². The van der Waals surface area contributed by atoms with Crippen LogP contribution >= 0.6 is 15.9 Å². The third kappa shape index (κ3) is 4.10. The molecule has 32 heavy (non-hydrogen) atoms. The van der Waals surface area contributed by atoms with E-state index in [1.165, 1.54) is 23.8 Å². The van der Waals surface area contributed by atoms with Gasteiger partial charge in [0.1, 0.15) is 5.75 Å². The summed E-state index contributed by atoms with van der Waals surface area (Å²) in [6.07, 6.45) is 5.79. The molecule has 172 valence electrons. The zero-order valence-corrected chi connectivity index (χ0v) is 20.4. The molecule has 9 heteroatoms. The number of halogens is 1. The van der Waals surface area contributed by atoms with Gasteiger partial charge in [0.05, 0.1) is 18.1 Å². The Hall–Kier alpha value is -2.55. The van der Waals surface area contributed by atoms with Crippen LogP contribution in [0.2, 0.25) is 0 Å². The number of aryl methyl sites for hydroxylation is 1. The number of rotatable bonds is 7. The molecule has 0 unspecified atom stereocenters. The van der Waals surface area contributed by atoms with Crippen molar-refractivity contribution >= 4 is 33.0 Å². The van der Waals surface area contributed by atoms with Crippen LogP contribution in [-0.2, 0) is 19.6 Å². The van der Waals surface area contributed by atoms with E-state index in [0.29, 0.717) is 42.8 Å². The summed E-state index contributed by atoms with van der Waals surface area (Å²) in [5.74, 6) is 1.39. The van der Waals surface area contributed by atoms with Gasteiger partial charge >= 0.3 is 5.69 Å². The summed E-state index contributed by atoms with van der Waals surface area (Å²) in [6.45, 7) is 4.94. The number of benzene rings is 1. The minimum atomic E-state index is -0.312. The van der Waals surface area contributed by atoms with Crippen LogP contribution in [0, 0.1) is 0 Å². The molecule has 1 saturated carbocycles. The highest BCUT2D eigenvalue weighted by Gasteiger charge is 2.23. The molecule has 3 aromatic rings. The summed E-state index contributed by atoms with van der Waals surface area (Å²) in [5.41, 5.74) is 1.29. The Bertz CT molecular complexity index is 1240. The van der Waals surface area contributed by atoms with Gasteiger partial charge in [0.2, 0.25) is 5.95 Å². The second-order valence-electron chi connectivity index (χ2n) is 8.22. The molecule has 0 aliphatic heterocycles. The Morgan fingerprint density at radius 3 is 2.44 bits per heavy atom. The molecular weight excluding hydrogens is 474 g/mol. The van der Waals surface area contributed by atoms with Crippen molar-refractivity contribution in [1.29, 1.82) is 0 Å². The van der Waals surface area contributed by atoms with Crippen molar-refractivity contribution in [2.45, 2.75) is 71.6 Å². The van der Waals surface area contributed by atoms with Gasteiger partial charge in [0, 0.05) is 19.1 Å². The molecule has 1 fully saturated rings. The summed E-state index contributed by atoms with van der Waals surface area (Å²) in [7, 11) is 1.63. The first kappa shape index (κ1) is 22.6. The number of fused-ring (bicyclic) bond motifs is 1. The van der Waals surface area contributed by atoms with E-state index in [1.54, 1.807) is 11.7 Å². The van der Waals surface area contributed by atoms with Crippen LogP contribution in [0.4, 0.5) is 5.95 Å². The third-order valence-corrected chi connectivity index (χ3v) is 6.86.